The second kappa shape index (κ2) is 5.63. The van der Waals surface area contributed by atoms with Crippen LogP contribution in [0.1, 0.15) is 18.4 Å². The highest BCUT2D eigenvalue weighted by Crippen LogP contribution is 2.31. The zero-order chi connectivity index (χ0) is 10.4. The second-order valence-corrected chi connectivity index (χ2v) is 4.28. The minimum atomic E-state index is -0.120. The van der Waals surface area contributed by atoms with E-state index in [2.05, 4.69) is 19.1 Å². The average molecular weight is 230 g/mol. The first kappa shape index (κ1) is 11.9. The Labute approximate surface area is 96.2 Å². The molecule has 0 aliphatic rings. The number of rotatable bonds is 5. The highest BCUT2D eigenvalue weighted by Gasteiger charge is 2.24. The Kier molecular flexibility index (Phi) is 4.77. The summed E-state index contributed by atoms with van der Waals surface area (Å²) in [5.41, 5.74) is 1.10. The largest absolute Gasteiger partial charge is 0.127 e. The quantitative estimate of drug-likeness (QED) is 0.670. The van der Waals surface area contributed by atoms with Gasteiger partial charge in [-0.1, -0.05) is 30.3 Å². The van der Waals surface area contributed by atoms with Crippen molar-refractivity contribution in [1.29, 1.82) is 0 Å². The number of alkyl halides is 2. The van der Waals surface area contributed by atoms with Crippen molar-refractivity contribution in [1.82, 2.24) is 0 Å². The van der Waals surface area contributed by atoms with Crippen LogP contribution in [0, 0.1) is 6.92 Å². The number of halogens is 2. The maximum atomic E-state index is 5.79. The fourth-order valence-electron chi connectivity index (χ4n) is 1.57. The Balaban J connectivity index is 2.87. The van der Waals surface area contributed by atoms with Gasteiger partial charge in [0.2, 0.25) is 0 Å². The molecule has 0 fully saturated rings. The molecule has 0 N–H and O–H groups in total. The van der Waals surface area contributed by atoms with Crippen LogP contribution in [0.15, 0.2) is 30.3 Å². The average Bonchev–Trinajstić information content (AvgIpc) is 2.20. The Morgan fingerprint density at radius 2 is 1.50 bits per heavy atom. The minimum Gasteiger partial charge on any atom is -0.127 e. The third-order valence-electron chi connectivity index (χ3n) is 2.53. The highest BCUT2D eigenvalue weighted by molar-refractivity contribution is 6.18. The molecule has 14 heavy (non-hydrogen) atoms. The molecule has 0 aliphatic heterocycles. The van der Waals surface area contributed by atoms with Gasteiger partial charge >= 0.3 is 0 Å². The highest BCUT2D eigenvalue weighted by atomic mass is 35.5. The van der Waals surface area contributed by atoms with E-state index >= 15 is 0 Å². The van der Waals surface area contributed by atoms with Gasteiger partial charge in [-0.3, -0.25) is 0 Å². The van der Waals surface area contributed by atoms with Crippen LogP contribution < -0.4 is 0 Å². The number of benzene rings is 1. The van der Waals surface area contributed by atoms with Gasteiger partial charge in [-0.15, -0.1) is 23.2 Å². The summed E-state index contributed by atoms with van der Waals surface area (Å²) in [6, 6.07) is 10.2. The molecule has 1 aromatic rings. The van der Waals surface area contributed by atoms with E-state index in [0.29, 0.717) is 11.8 Å². The fourth-order valence-corrected chi connectivity index (χ4v) is 2.29. The van der Waals surface area contributed by atoms with Crippen molar-refractivity contribution < 1.29 is 0 Å². The molecule has 0 aliphatic carbocycles. The molecular weight excluding hydrogens is 215 g/mol. The molecule has 0 bridgehead atoms. The molecule has 77 valence electrons. The maximum absolute atomic E-state index is 5.79. The Morgan fingerprint density at radius 1 is 1.00 bits per heavy atom. The van der Waals surface area contributed by atoms with E-state index in [0.717, 1.165) is 12.8 Å². The number of hydrogen-bond donors (Lipinski definition) is 0. The molecule has 0 heterocycles. The van der Waals surface area contributed by atoms with Gasteiger partial charge < -0.3 is 0 Å². The molecule has 1 radical (unpaired) electrons. The van der Waals surface area contributed by atoms with E-state index in [-0.39, 0.29) is 5.41 Å². The van der Waals surface area contributed by atoms with Gasteiger partial charge in [-0.25, -0.2) is 0 Å². The van der Waals surface area contributed by atoms with E-state index in [9.17, 15) is 0 Å². The summed E-state index contributed by atoms with van der Waals surface area (Å²) in [4.78, 5) is 0. The molecular formula is C12H15Cl2. The van der Waals surface area contributed by atoms with Crippen molar-refractivity contribution >= 4 is 23.2 Å². The summed E-state index contributed by atoms with van der Waals surface area (Å²) < 4.78 is 0. The van der Waals surface area contributed by atoms with Crippen molar-refractivity contribution in [3.8, 4) is 0 Å². The van der Waals surface area contributed by atoms with Crippen molar-refractivity contribution in [2.45, 2.75) is 18.3 Å². The normalized spacial score (nSPS) is 11.6. The van der Waals surface area contributed by atoms with Gasteiger partial charge in [-0.05, 0) is 30.7 Å². The summed E-state index contributed by atoms with van der Waals surface area (Å²) in [6.45, 7) is 4.25. The first-order chi connectivity index (χ1) is 6.73. The minimum absolute atomic E-state index is 0.120. The van der Waals surface area contributed by atoms with Crippen molar-refractivity contribution in [2.75, 3.05) is 11.8 Å². The fraction of sp³-hybridized carbons (Fsp3) is 0.417. The molecule has 0 unspecified atom stereocenters. The molecule has 1 aromatic carbocycles. The third kappa shape index (κ3) is 2.90. The summed E-state index contributed by atoms with van der Waals surface area (Å²) in [6.07, 6.45) is 1.73. The van der Waals surface area contributed by atoms with Crippen LogP contribution in [0.3, 0.4) is 0 Å². The summed E-state index contributed by atoms with van der Waals surface area (Å²) in [5, 5.41) is 0. The Morgan fingerprint density at radius 3 is 1.93 bits per heavy atom. The van der Waals surface area contributed by atoms with Crippen LogP contribution in [0.2, 0.25) is 0 Å². The van der Waals surface area contributed by atoms with Crippen LogP contribution in [-0.4, -0.2) is 11.8 Å². The lowest BCUT2D eigenvalue weighted by atomic mass is 9.78. The summed E-state index contributed by atoms with van der Waals surface area (Å²) >= 11 is 11.6. The first-order valence-electron chi connectivity index (χ1n) is 4.76. The van der Waals surface area contributed by atoms with E-state index in [1.807, 2.05) is 18.2 Å². The van der Waals surface area contributed by atoms with Gasteiger partial charge in [0.25, 0.3) is 0 Å². The topological polar surface area (TPSA) is 0 Å². The predicted molar refractivity (Wildman–Crippen MR) is 64.2 cm³/mol. The van der Waals surface area contributed by atoms with Crippen LogP contribution in [-0.2, 0) is 5.41 Å². The summed E-state index contributed by atoms with van der Waals surface area (Å²) in [7, 11) is 0. The lowest BCUT2D eigenvalue weighted by Crippen LogP contribution is -2.23. The van der Waals surface area contributed by atoms with E-state index < -0.39 is 0 Å². The smallest absolute Gasteiger partial charge is 0.0231 e. The monoisotopic (exact) mass is 229 g/mol. The van der Waals surface area contributed by atoms with E-state index in [1.54, 1.807) is 0 Å². The molecule has 2 heteroatoms. The zero-order valence-electron chi connectivity index (χ0n) is 8.18. The molecule has 0 saturated carbocycles. The molecule has 0 spiro atoms. The zero-order valence-corrected chi connectivity index (χ0v) is 9.69. The number of hydrogen-bond acceptors (Lipinski definition) is 0. The van der Waals surface area contributed by atoms with Crippen molar-refractivity contribution in [3.63, 3.8) is 0 Å². The molecule has 0 aromatic heterocycles. The maximum Gasteiger partial charge on any atom is 0.0231 e. The van der Waals surface area contributed by atoms with Gasteiger partial charge in [0.05, 0.1) is 0 Å². The second-order valence-electron chi connectivity index (χ2n) is 3.52. The van der Waals surface area contributed by atoms with Crippen molar-refractivity contribution in [3.05, 3.63) is 42.8 Å². The summed E-state index contributed by atoms with van der Waals surface area (Å²) in [5.74, 6) is 1.24. The lowest BCUT2D eigenvalue weighted by Gasteiger charge is -2.28. The third-order valence-corrected chi connectivity index (χ3v) is 2.91. The van der Waals surface area contributed by atoms with Crippen LogP contribution >= 0.6 is 23.2 Å². The molecule has 0 amide bonds. The van der Waals surface area contributed by atoms with E-state index in [1.165, 1.54) is 5.56 Å². The predicted octanol–water partition coefficient (Wildman–Crippen LogP) is 4.02. The molecule has 0 atom stereocenters. The van der Waals surface area contributed by atoms with Crippen LogP contribution in [0.5, 0.6) is 0 Å². The molecule has 1 rings (SSSR count). The van der Waals surface area contributed by atoms with Gasteiger partial charge in [0.1, 0.15) is 0 Å². The lowest BCUT2D eigenvalue weighted by molar-refractivity contribution is 0.498. The van der Waals surface area contributed by atoms with E-state index in [4.69, 9.17) is 23.2 Å². The Bertz CT molecular complexity index is 250. The van der Waals surface area contributed by atoms with Gasteiger partial charge in [0, 0.05) is 11.8 Å². The van der Waals surface area contributed by atoms with Gasteiger partial charge in [-0.2, -0.15) is 0 Å². The Hall–Kier alpha value is -0.200. The van der Waals surface area contributed by atoms with Crippen LogP contribution in [0.25, 0.3) is 0 Å². The van der Waals surface area contributed by atoms with Gasteiger partial charge in [0.15, 0.2) is 0 Å². The standard InChI is InChI=1S/C12H15Cl2/c1-12(7-9-13,8-10-14)11-5-3-2-4-6-11/h2-6H,1,7-10H2. The SMILES string of the molecule is [CH2]C(CCCl)(CCCl)c1ccccc1. The first-order valence-corrected chi connectivity index (χ1v) is 5.82. The molecule has 0 saturated heterocycles. The molecule has 0 nitrogen and oxygen atoms in total. The van der Waals surface area contributed by atoms with Crippen LogP contribution in [0.4, 0.5) is 0 Å². The van der Waals surface area contributed by atoms with Crippen molar-refractivity contribution in [2.24, 2.45) is 0 Å².